The average Bonchev–Trinajstić information content (AvgIpc) is 3.06. The number of halogens is 5. The second-order valence-corrected chi connectivity index (χ2v) is 6.94. The number of aromatic nitrogens is 4. The molecule has 0 spiro atoms. The summed E-state index contributed by atoms with van der Waals surface area (Å²) in [5.74, 6) is 0. The van der Waals surface area contributed by atoms with Crippen LogP contribution in [0.25, 0.3) is 28.2 Å². The van der Waals surface area contributed by atoms with Crippen molar-refractivity contribution >= 4 is 28.8 Å². The second-order valence-electron chi connectivity index (χ2n) is 6.13. The SMILES string of the molecule is Cc1cc(-c2ncn3c(C(F)(F)F)cc(-c4ccc(Cl)c(Cl)c4)nc23)ccn1. The topological polar surface area (TPSA) is 43.1 Å². The van der Waals surface area contributed by atoms with Crippen LogP contribution in [0.15, 0.2) is 48.9 Å². The van der Waals surface area contributed by atoms with Crippen molar-refractivity contribution in [2.45, 2.75) is 13.1 Å². The highest BCUT2D eigenvalue weighted by Gasteiger charge is 2.35. The van der Waals surface area contributed by atoms with E-state index in [9.17, 15) is 13.2 Å². The molecule has 0 atom stereocenters. The van der Waals surface area contributed by atoms with Crippen LogP contribution in [0.1, 0.15) is 11.4 Å². The number of rotatable bonds is 2. The summed E-state index contributed by atoms with van der Waals surface area (Å²) in [6, 6.07) is 8.95. The van der Waals surface area contributed by atoms with E-state index in [2.05, 4.69) is 15.0 Å². The van der Waals surface area contributed by atoms with Gasteiger partial charge in [0.25, 0.3) is 0 Å². The van der Waals surface area contributed by atoms with Gasteiger partial charge in [0.2, 0.25) is 0 Å². The maximum absolute atomic E-state index is 13.7. The number of hydrogen-bond acceptors (Lipinski definition) is 3. The molecule has 0 fully saturated rings. The van der Waals surface area contributed by atoms with E-state index in [1.165, 1.54) is 12.1 Å². The number of nitrogens with zero attached hydrogens (tertiary/aromatic N) is 4. The summed E-state index contributed by atoms with van der Waals surface area (Å²) < 4.78 is 42.0. The van der Waals surface area contributed by atoms with Gasteiger partial charge in [0.15, 0.2) is 5.65 Å². The van der Waals surface area contributed by atoms with E-state index in [0.717, 1.165) is 22.5 Å². The molecule has 0 saturated carbocycles. The minimum atomic E-state index is -4.60. The monoisotopic (exact) mass is 422 g/mol. The van der Waals surface area contributed by atoms with E-state index in [0.29, 0.717) is 21.8 Å². The lowest BCUT2D eigenvalue weighted by Crippen LogP contribution is -2.12. The van der Waals surface area contributed by atoms with Crippen LogP contribution in [-0.4, -0.2) is 19.4 Å². The minimum Gasteiger partial charge on any atom is -0.278 e. The first kappa shape index (κ1) is 18.7. The first-order chi connectivity index (χ1) is 13.2. The number of pyridine rings is 1. The molecule has 4 aromatic rings. The first-order valence-electron chi connectivity index (χ1n) is 8.08. The van der Waals surface area contributed by atoms with E-state index in [1.54, 1.807) is 31.3 Å². The fraction of sp³-hybridized carbons (Fsp3) is 0.105. The Bertz CT molecular complexity index is 1200. The van der Waals surface area contributed by atoms with Crippen molar-refractivity contribution in [1.29, 1.82) is 0 Å². The Morgan fingerprint density at radius 1 is 0.929 bits per heavy atom. The third kappa shape index (κ3) is 3.31. The molecule has 3 heterocycles. The molecule has 4 nitrogen and oxygen atoms in total. The van der Waals surface area contributed by atoms with Crippen molar-refractivity contribution in [3.05, 3.63) is 70.4 Å². The van der Waals surface area contributed by atoms with Crippen LogP contribution in [0.3, 0.4) is 0 Å². The summed E-state index contributed by atoms with van der Waals surface area (Å²) in [4.78, 5) is 12.7. The van der Waals surface area contributed by atoms with Crippen LogP contribution in [-0.2, 0) is 6.18 Å². The van der Waals surface area contributed by atoms with Gasteiger partial charge in [0.1, 0.15) is 17.7 Å². The van der Waals surface area contributed by atoms with Crippen LogP contribution in [0.5, 0.6) is 0 Å². The summed E-state index contributed by atoms with van der Waals surface area (Å²) in [7, 11) is 0. The quantitative estimate of drug-likeness (QED) is 0.392. The molecule has 0 saturated heterocycles. The van der Waals surface area contributed by atoms with Gasteiger partial charge in [-0.3, -0.25) is 9.38 Å². The number of fused-ring (bicyclic) bond motifs is 1. The Kier molecular flexibility index (Phi) is 4.51. The molecule has 1 aromatic carbocycles. The molecule has 0 amide bonds. The lowest BCUT2D eigenvalue weighted by atomic mass is 10.1. The third-order valence-corrected chi connectivity index (χ3v) is 4.92. The average molecular weight is 423 g/mol. The van der Waals surface area contributed by atoms with Crippen molar-refractivity contribution in [2.24, 2.45) is 0 Å². The van der Waals surface area contributed by atoms with Crippen molar-refractivity contribution in [3.63, 3.8) is 0 Å². The molecule has 28 heavy (non-hydrogen) atoms. The van der Waals surface area contributed by atoms with Gasteiger partial charge >= 0.3 is 6.18 Å². The fourth-order valence-electron chi connectivity index (χ4n) is 2.89. The second kappa shape index (κ2) is 6.76. The lowest BCUT2D eigenvalue weighted by molar-refractivity contribution is -0.142. The maximum Gasteiger partial charge on any atom is 0.431 e. The van der Waals surface area contributed by atoms with E-state index in [1.807, 2.05) is 0 Å². The van der Waals surface area contributed by atoms with Gasteiger partial charge in [-0.2, -0.15) is 13.2 Å². The Morgan fingerprint density at radius 2 is 1.71 bits per heavy atom. The largest absolute Gasteiger partial charge is 0.431 e. The molecule has 0 bridgehead atoms. The van der Waals surface area contributed by atoms with Crippen LogP contribution < -0.4 is 0 Å². The number of benzene rings is 1. The molecule has 0 aliphatic rings. The van der Waals surface area contributed by atoms with Crippen LogP contribution >= 0.6 is 23.2 Å². The minimum absolute atomic E-state index is 0.0847. The predicted molar refractivity (Wildman–Crippen MR) is 101 cm³/mol. The molecular formula is C19H11Cl2F3N4. The van der Waals surface area contributed by atoms with Crippen molar-refractivity contribution in [3.8, 4) is 22.5 Å². The zero-order valence-electron chi connectivity index (χ0n) is 14.3. The Labute approximate surface area is 167 Å². The van der Waals surface area contributed by atoms with Gasteiger partial charge in [-0.25, -0.2) is 9.97 Å². The van der Waals surface area contributed by atoms with Crippen molar-refractivity contribution in [1.82, 2.24) is 19.4 Å². The van der Waals surface area contributed by atoms with E-state index < -0.39 is 11.9 Å². The summed E-state index contributed by atoms with van der Waals surface area (Å²) in [6.45, 7) is 1.79. The number of imidazole rings is 1. The Morgan fingerprint density at radius 3 is 2.39 bits per heavy atom. The highest BCUT2D eigenvalue weighted by molar-refractivity contribution is 6.42. The molecule has 0 aliphatic carbocycles. The summed E-state index contributed by atoms with van der Waals surface area (Å²) in [5, 5.41) is 0.535. The van der Waals surface area contributed by atoms with E-state index in [4.69, 9.17) is 23.2 Å². The summed E-state index contributed by atoms with van der Waals surface area (Å²) in [6.07, 6.45) is -1.91. The summed E-state index contributed by atoms with van der Waals surface area (Å²) in [5.41, 5.74) is 1.41. The molecule has 3 aromatic heterocycles. The van der Waals surface area contributed by atoms with Crippen LogP contribution in [0.4, 0.5) is 13.2 Å². The molecule has 0 N–H and O–H groups in total. The highest BCUT2D eigenvalue weighted by Crippen LogP contribution is 2.35. The van der Waals surface area contributed by atoms with Crippen LogP contribution in [0.2, 0.25) is 10.0 Å². The Hall–Kier alpha value is -2.64. The first-order valence-corrected chi connectivity index (χ1v) is 8.83. The number of aryl methyl sites for hydroxylation is 1. The van der Waals surface area contributed by atoms with E-state index in [-0.39, 0.29) is 16.4 Å². The number of alkyl halides is 3. The highest BCUT2D eigenvalue weighted by atomic mass is 35.5. The van der Waals surface area contributed by atoms with Gasteiger partial charge in [-0.15, -0.1) is 0 Å². The van der Waals surface area contributed by atoms with Crippen molar-refractivity contribution in [2.75, 3.05) is 0 Å². The van der Waals surface area contributed by atoms with Gasteiger partial charge in [-0.1, -0.05) is 29.3 Å². The predicted octanol–water partition coefficient (Wildman–Crippen LogP) is 6.09. The molecule has 0 unspecified atom stereocenters. The number of hydrogen-bond donors (Lipinski definition) is 0. The molecule has 0 radical (unpaired) electrons. The summed E-state index contributed by atoms with van der Waals surface area (Å²) >= 11 is 11.9. The van der Waals surface area contributed by atoms with E-state index >= 15 is 0 Å². The molecular weight excluding hydrogens is 412 g/mol. The Balaban J connectivity index is 2.01. The fourth-order valence-corrected chi connectivity index (χ4v) is 3.19. The standard InChI is InChI=1S/C19H11Cl2F3N4/c1-10-6-12(4-5-25-10)17-18-27-15(11-2-3-13(20)14(21)7-11)8-16(19(22,23)24)28(18)9-26-17/h2-9H,1H3. The third-order valence-electron chi connectivity index (χ3n) is 4.18. The zero-order valence-corrected chi connectivity index (χ0v) is 15.8. The van der Waals surface area contributed by atoms with Gasteiger partial charge in [0, 0.05) is 23.0 Å². The normalized spacial score (nSPS) is 11.9. The van der Waals surface area contributed by atoms with Crippen molar-refractivity contribution < 1.29 is 13.2 Å². The molecule has 9 heteroatoms. The molecule has 4 rings (SSSR count). The molecule has 0 aliphatic heterocycles. The van der Waals surface area contributed by atoms with Gasteiger partial charge < -0.3 is 0 Å². The van der Waals surface area contributed by atoms with Gasteiger partial charge in [-0.05, 0) is 37.3 Å². The molecule has 142 valence electrons. The lowest BCUT2D eigenvalue weighted by Gasteiger charge is -2.12. The smallest absolute Gasteiger partial charge is 0.278 e. The van der Waals surface area contributed by atoms with Crippen LogP contribution in [0, 0.1) is 6.92 Å². The zero-order chi connectivity index (χ0) is 20.1. The van der Waals surface area contributed by atoms with Gasteiger partial charge in [0.05, 0.1) is 15.7 Å². The maximum atomic E-state index is 13.7.